The number of esters is 1. The minimum Gasteiger partial charge on any atom is -0.755 e. The number of nitrogens with two attached hydrogens (primary N) is 1. The summed E-state index contributed by atoms with van der Waals surface area (Å²) in [7, 11) is 0. The Bertz CT molecular complexity index is 1180. The number of aryl methyl sites for hydroxylation is 1. The van der Waals surface area contributed by atoms with Gasteiger partial charge in [0, 0.05) is 41.2 Å². The number of hydrogen-bond acceptors (Lipinski definition) is 6. The summed E-state index contributed by atoms with van der Waals surface area (Å²) >= 11 is -2.49. The maximum atomic E-state index is 12.5. The Morgan fingerprint density at radius 3 is 2.39 bits per heavy atom. The van der Waals surface area contributed by atoms with Crippen molar-refractivity contribution < 1.29 is 18.3 Å². The molecule has 0 amide bonds. The smallest absolute Gasteiger partial charge is 0.311 e. The topological polar surface area (TPSA) is 120 Å². The van der Waals surface area contributed by atoms with Crippen LogP contribution in [0.15, 0.2) is 72.8 Å². The van der Waals surface area contributed by atoms with Gasteiger partial charge in [0.1, 0.15) is 5.75 Å². The predicted molar refractivity (Wildman–Crippen MR) is 143 cm³/mol. The number of carbonyl (C=O) groups is 1. The maximum Gasteiger partial charge on any atom is 0.311 e. The average molecular weight is 507 g/mol. The number of nitrogens with one attached hydrogen (secondary N) is 1. The molecule has 0 spiro atoms. The molecular formula is C28H32N3O4S-. The molecule has 3 N–H and O–H groups in total. The van der Waals surface area contributed by atoms with E-state index >= 15 is 0 Å². The number of benzene rings is 3. The summed E-state index contributed by atoms with van der Waals surface area (Å²) in [6.45, 7) is 2.34. The van der Waals surface area contributed by atoms with Crippen molar-refractivity contribution in [1.82, 2.24) is 0 Å². The lowest BCUT2D eigenvalue weighted by Gasteiger charge is -2.27. The summed E-state index contributed by atoms with van der Waals surface area (Å²) in [5.41, 5.74) is 10.4. The van der Waals surface area contributed by atoms with Crippen LogP contribution in [0.2, 0.25) is 0 Å². The molecule has 3 aromatic rings. The van der Waals surface area contributed by atoms with E-state index in [9.17, 15) is 13.6 Å². The minimum absolute atomic E-state index is 0.0977. The Morgan fingerprint density at radius 1 is 1.03 bits per heavy atom. The molecule has 0 saturated heterocycles. The van der Waals surface area contributed by atoms with Crippen LogP contribution in [0, 0.1) is 5.41 Å². The lowest BCUT2D eigenvalue weighted by molar-refractivity contribution is -0.134. The number of hydrogen-bond donors (Lipinski definition) is 2. The van der Waals surface area contributed by atoms with Crippen LogP contribution in [0.4, 0.5) is 5.69 Å². The normalized spacial score (nSPS) is 11.6. The first-order chi connectivity index (χ1) is 17.4. The van der Waals surface area contributed by atoms with Crippen molar-refractivity contribution in [2.45, 2.75) is 52.1 Å². The first-order valence-corrected chi connectivity index (χ1v) is 13.1. The summed E-state index contributed by atoms with van der Waals surface area (Å²) < 4.78 is 30.5. The van der Waals surface area contributed by atoms with Crippen LogP contribution in [0.25, 0.3) is 0 Å². The zero-order valence-electron chi connectivity index (χ0n) is 20.4. The van der Waals surface area contributed by atoms with E-state index in [2.05, 4.69) is 6.92 Å². The van der Waals surface area contributed by atoms with Crippen molar-refractivity contribution >= 4 is 28.6 Å². The standard InChI is InChI=1S/C28H33N3O4S/c1-2-7-26(30)23-14-12-21(13-15-23)10-6-11-28(32)35-27-17-16-25(18-24(27)19-29)31(36(33)34)20-22-8-4-3-5-9-22/h3-5,8-9,12-18,30H,2,6-7,10-11,19-20,29H2,1H3,(H,33,34)/p-1. The van der Waals surface area contributed by atoms with Gasteiger partial charge >= 0.3 is 5.97 Å². The molecule has 8 heteroatoms. The van der Waals surface area contributed by atoms with Gasteiger partial charge in [-0.3, -0.25) is 13.3 Å². The molecule has 3 rings (SSSR count). The van der Waals surface area contributed by atoms with Crippen LogP contribution in [0.1, 0.15) is 54.9 Å². The molecule has 1 unspecified atom stereocenters. The molecular weight excluding hydrogens is 474 g/mol. The molecule has 0 aromatic heterocycles. The summed E-state index contributed by atoms with van der Waals surface area (Å²) in [6, 6.07) is 22.0. The quantitative estimate of drug-likeness (QED) is 0.146. The van der Waals surface area contributed by atoms with Crippen LogP contribution in [0.3, 0.4) is 0 Å². The van der Waals surface area contributed by atoms with E-state index in [1.165, 1.54) is 4.31 Å². The lowest BCUT2D eigenvalue weighted by atomic mass is 10.0. The van der Waals surface area contributed by atoms with E-state index in [4.69, 9.17) is 15.9 Å². The third-order valence-corrected chi connectivity index (χ3v) is 6.47. The molecule has 0 bridgehead atoms. The maximum absolute atomic E-state index is 12.5. The third-order valence-electron chi connectivity index (χ3n) is 5.77. The van der Waals surface area contributed by atoms with Crippen LogP contribution in [-0.2, 0) is 35.6 Å². The molecule has 0 radical (unpaired) electrons. The second kappa shape index (κ2) is 13.7. The van der Waals surface area contributed by atoms with Gasteiger partial charge in [-0.25, -0.2) is 0 Å². The van der Waals surface area contributed by atoms with E-state index in [0.29, 0.717) is 29.1 Å². The molecule has 3 aromatic carbocycles. The van der Waals surface area contributed by atoms with Gasteiger partial charge in [0.25, 0.3) is 0 Å². The van der Waals surface area contributed by atoms with E-state index < -0.39 is 11.3 Å². The highest BCUT2D eigenvalue weighted by Gasteiger charge is 2.14. The van der Waals surface area contributed by atoms with Crippen LogP contribution in [0.5, 0.6) is 5.75 Å². The second-order valence-electron chi connectivity index (χ2n) is 8.49. The van der Waals surface area contributed by atoms with Gasteiger partial charge in [0.2, 0.25) is 0 Å². The fourth-order valence-electron chi connectivity index (χ4n) is 3.84. The summed E-state index contributed by atoms with van der Waals surface area (Å²) in [4.78, 5) is 12.5. The summed E-state index contributed by atoms with van der Waals surface area (Å²) in [5, 5.41) is 8.04. The van der Waals surface area contributed by atoms with Gasteiger partial charge in [-0.15, -0.1) is 0 Å². The van der Waals surface area contributed by atoms with Crippen molar-refractivity contribution in [2.24, 2.45) is 5.73 Å². The zero-order chi connectivity index (χ0) is 25.9. The van der Waals surface area contributed by atoms with Crippen molar-refractivity contribution in [2.75, 3.05) is 4.31 Å². The van der Waals surface area contributed by atoms with Gasteiger partial charge < -0.3 is 20.4 Å². The molecule has 0 heterocycles. The number of nitrogens with zero attached hydrogens (tertiary/aromatic N) is 1. The predicted octanol–water partition coefficient (Wildman–Crippen LogP) is 5.04. The van der Waals surface area contributed by atoms with E-state index in [1.807, 2.05) is 54.6 Å². The van der Waals surface area contributed by atoms with E-state index in [1.54, 1.807) is 18.2 Å². The lowest BCUT2D eigenvalue weighted by Crippen LogP contribution is -2.25. The fraction of sp³-hybridized carbons (Fsp3) is 0.286. The molecule has 1 atom stereocenters. The monoisotopic (exact) mass is 506 g/mol. The molecule has 36 heavy (non-hydrogen) atoms. The highest BCUT2D eigenvalue weighted by atomic mass is 32.2. The molecule has 190 valence electrons. The van der Waals surface area contributed by atoms with Crippen LogP contribution < -0.4 is 14.8 Å². The van der Waals surface area contributed by atoms with Crippen LogP contribution >= 0.6 is 0 Å². The SMILES string of the molecule is CCCC(=N)c1ccc(CCCC(=O)Oc2ccc(N(Cc3ccccc3)S(=O)[O-])cc2CN)cc1. The minimum atomic E-state index is -2.49. The van der Waals surface area contributed by atoms with Crippen molar-refractivity contribution in [1.29, 1.82) is 5.41 Å². The Labute approximate surface area is 215 Å². The number of rotatable bonds is 13. The fourth-order valence-corrected chi connectivity index (χ4v) is 4.38. The number of anilines is 1. The number of carbonyl (C=O) groups excluding carboxylic acids is 1. The highest BCUT2D eigenvalue weighted by Crippen LogP contribution is 2.27. The van der Waals surface area contributed by atoms with E-state index in [0.717, 1.165) is 36.0 Å². The average Bonchev–Trinajstić information content (AvgIpc) is 2.88. The largest absolute Gasteiger partial charge is 0.755 e. The molecule has 0 aliphatic carbocycles. The first kappa shape index (κ1) is 27.3. The Kier molecular flexibility index (Phi) is 10.4. The van der Waals surface area contributed by atoms with Crippen molar-refractivity contribution in [3.63, 3.8) is 0 Å². The number of ether oxygens (including phenoxy) is 1. The van der Waals surface area contributed by atoms with Crippen molar-refractivity contribution in [3.8, 4) is 5.75 Å². The van der Waals surface area contributed by atoms with Gasteiger partial charge in [-0.2, -0.15) is 0 Å². The van der Waals surface area contributed by atoms with Gasteiger partial charge in [0.05, 0.1) is 6.54 Å². The summed E-state index contributed by atoms with van der Waals surface area (Å²) in [6.07, 6.45) is 3.30. The van der Waals surface area contributed by atoms with Gasteiger partial charge in [0.15, 0.2) is 0 Å². The van der Waals surface area contributed by atoms with Crippen molar-refractivity contribution in [3.05, 3.63) is 95.1 Å². The van der Waals surface area contributed by atoms with E-state index in [-0.39, 0.29) is 25.5 Å². The molecule has 0 fully saturated rings. The second-order valence-corrected chi connectivity index (χ2v) is 9.36. The first-order valence-electron chi connectivity index (χ1n) is 12.0. The zero-order valence-corrected chi connectivity index (χ0v) is 21.3. The highest BCUT2D eigenvalue weighted by molar-refractivity contribution is 7.80. The Balaban J connectivity index is 1.58. The molecule has 0 saturated carbocycles. The third kappa shape index (κ3) is 7.84. The van der Waals surface area contributed by atoms with Gasteiger partial charge in [-0.05, 0) is 54.2 Å². The Hall–Kier alpha value is -3.33. The van der Waals surface area contributed by atoms with Gasteiger partial charge in [-0.1, -0.05) is 67.9 Å². The Morgan fingerprint density at radius 2 is 1.75 bits per heavy atom. The summed E-state index contributed by atoms with van der Waals surface area (Å²) in [5.74, 6) is -0.0336. The molecule has 0 aliphatic heterocycles. The molecule has 0 aliphatic rings. The van der Waals surface area contributed by atoms with Crippen LogP contribution in [-0.4, -0.2) is 20.4 Å². The molecule has 7 nitrogen and oxygen atoms in total.